The van der Waals surface area contributed by atoms with E-state index in [0.717, 1.165) is 52.2 Å². The zero-order valence-corrected chi connectivity index (χ0v) is 21.3. The molecule has 2 fully saturated rings. The van der Waals surface area contributed by atoms with Gasteiger partial charge in [-0.05, 0) is 99.1 Å². The number of ether oxygens (including phenoxy) is 2. The van der Waals surface area contributed by atoms with Gasteiger partial charge < -0.3 is 14.8 Å². The summed E-state index contributed by atoms with van der Waals surface area (Å²) in [5.41, 5.74) is -1.04. The van der Waals surface area contributed by atoms with Crippen LogP contribution in [0.2, 0.25) is 0 Å². The second-order valence-electron chi connectivity index (χ2n) is 8.94. The normalized spacial score (nSPS) is 18.6. The Morgan fingerprint density at radius 1 is 0.941 bits per heavy atom. The number of carbonyl (C=O) groups excluding carboxylic acids is 1. The monoisotopic (exact) mass is 505 g/mol. The van der Waals surface area contributed by atoms with Gasteiger partial charge in [0.15, 0.2) is 5.60 Å². The van der Waals surface area contributed by atoms with E-state index < -0.39 is 5.60 Å². The van der Waals surface area contributed by atoms with Crippen LogP contribution in [0.3, 0.4) is 0 Å². The number of nitrogens with zero attached hydrogens (tertiary/aromatic N) is 2. The summed E-state index contributed by atoms with van der Waals surface area (Å²) in [5, 5.41) is 3.13. The molecule has 0 aliphatic carbocycles. The average molecular weight is 506 g/mol. The second kappa shape index (κ2) is 11.8. The molecule has 1 amide bonds. The molecule has 184 valence electrons. The Balaban J connectivity index is 1.20. The van der Waals surface area contributed by atoms with Crippen molar-refractivity contribution in [3.8, 4) is 5.75 Å². The number of morpholine rings is 1. The minimum Gasteiger partial charge on any atom is -0.478 e. The first kappa shape index (κ1) is 25.3. The largest absolute Gasteiger partial charge is 0.478 e. The number of benzene rings is 2. The fourth-order valence-electron chi connectivity index (χ4n) is 3.79. The van der Waals surface area contributed by atoms with E-state index in [4.69, 9.17) is 9.47 Å². The van der Waals surface area contributed by atoms with Crippen molar-refractivity contribution in [1.29, 1.82) is 0 Å². The molecule has 6 nitrogen and oxygen atoms in total. The third-order valence-electron chi connectivity index (χ3n) is 5.79. The topological polar surface area (TPSA) is 54.0 Å². The van der Waals surface area contributed by atoms with Gasteiger partial charge in [0.25, 0.3) is 5.91 Å². The molecule has 0 bridgehead atoms. The first-order valence-corrected chi connectivity index (χ1v) is 13.2. The summed E-state index contributed by atoms with van der Waals surface area (Å²) in [5.74, 6) is -0.0134. The van der Waals surface area contributed by atoms with Gasteiger partial charge in [0.1, 0.15) is 11.6 Å². The van der Waals surface area contributed by atoms with Crippen LogP contribution in [0.25, 0.3) is 0 Å². The first-order chi connectivity index (χ1) is 16.4. The minimum absolute atomic E-state index is 0.118. The third kappa shape index (κ3) is 7.36. The Hall–Kier alpha value is -1.78. The molecule has 2 saturated heterocycles. The molecule has 4 rings (SSSR count). The van der Waals surface area contributed by atoms with Crippen molar-refractivity contribution in [2.24, 2.45) is 0 Å². The van der Waals surface area contributed by atoms with E-state index in [-0.39, 0.29) is 17.8 Å². The van der Waals surface area contributed by atoms with Crippen LogP contribution in [0.15, 0.2) is 58.3 Å². The Morgan fingerprint density at radius 3 is 2.03 bits per heavy atom. The lowest BCUT2D eigenvalue weighted by Gasteiger charge is -2.33. The van der Waals surface area contributed by atoms with Gasteiger partial charge in [-0.3, -0.25) is 4.79 Å². The molecule has 2 aromatic carbocycles. The number of piperidine rings is 1. The second-order valence-corrected chi connectivity index (χ2v) is 11.3. The van der Waals surface area contributed by atoms with Gasteiger partial charge in [-0.25, -0.2) is 13.0 Å². The third-order valence-corrected chi connectivity index (χ3v) is 8.00. The molecule has 0 radical (unpaired) electrons. The van der Waals surface area contributed by atoms with E-state index >= 15 is 0 Å². The number of amides is 1. The van der Waals surface area contributed by atoms with E-state index in [1.54, 1.807) is 37.7 Å². The maximum atomic E-state index is 13.1. The van der Waals surface area contributed by atoms with Crippen LogP contribution in [-0.2, 0) is 9.53 Å². The molecule has 2 aliphatic rings. The van der Waals surface area contributed by atoms with Gasteiger partial charge in [-0.15, -0.1) is 0 Å². The lowest BCUT2D eigenvalue weighted by molar-refractivity contribution is -0.135. The maximum Gasteiger partial charge on any atom is 0.263 e. The lowest BCUT2D eigenvalue weighted by Crippen LogP contribution is -2.52. The van der Waals surface area contributed by atoms with Crippen molar-refractivity contribution in [2.45, 2.75) is 48.1 Å². The Morgan fingerprint density at radius 2 is 1.47 bits per heavy atom. The van der Waals surface area contributed by atoms with Crippen molar-refractivity contribution in [3.05, 3.63) is 54.3 Å². The first-order valence-electron chi connectivity index (χ1n) is 11.7. The summed E-state index contributed by atoms with van der Waals surface area (Å²) in [7, 11) is 0. The summed E-state index contributed by atoms with van der Waals surface area (Å²) in [4.78, 5) is 15.3. The summed E-state index contributed by atoms with van der Waals surface area (Å²) < 4.78 is 29.0. The Kier molecular flexibility index (Phi) is 8.76. The molecule has 0 unspecified atom stereocenters. The number of hydrogen-bond acceptors (Lipinski definition) is 7. The van der Waals surface area contributed by atoms with E-state index in [2.05, 4.69) is 38.2 Å². The molecular formula is C25H32FN3O3S2. The maximum absolute atomic E-state index is 13.1. The van der Waals surface area contributed by atoms with Gasteiger partial charge in [-0.2, -0.15) is 0 Å². The van der Waals surface area contributed by atoms with Crippen LogP contribution in [0, 0.1) is 5.82 Å². The molecule has 0 atom stereocenters. The van der Waals surface area contributed by atoms with E-state index in [9.17, 15) is 9.18 Å². The smallest absolute Gasteiger partial charge is 0.263 e. The average Bonchev–Trinajstić information content (AvgIpc) is 2.83. The summed E-state index contributed by atoms with van der Waals surface area (Å²) in [6.45, 7) is 8.80. The van der Waals surface area contributed by atoms with Gasteiger partial charge in [0.2, 0.25) is 0 Å². The van der Waals surface area contributed by atoms with Crippen molar-refractivity contribution in [1.82, 2.24) is 13.9 Å². The summed E-state index contributed by atoms with van der Waals surface area (Å²) in [6, 6.07) is 14.6. The van der Waals surface area contributed by atoms with Crippen LogP contribution in [0.4, 0.5) is 4.39 Å². The molecule has 2 heterocycles. The number of halogens is 1. The zero-order chi connectivity index (χ0) is 24.0. The molecule has 2 aliphatic heterocycles. The highest BCUT2D eigenvalue weighted by atomic mass is 32.2. The number of hydrogen-bond donors (Lipinski definition) is 1. The van der Waals surface area contributed by atoms with Crippen molar-refractivity contribution < 1.29 is 18.7 Å². The molecule has 34 heavy (non-hydrogen) atoms. The zero-order valence-electron chi connectivity index (χ0n) is 19.7. The molecule has 9 heteroatoms. The summed E-state index contributed by atoms with van der Waals surface area (Å²) >= 11 is 3.56. The number of carbonyl (C=O) groups is 1. The quantitative estimate of drug-likeness (QED) is 0.526. The van der Waals surface area contributed by atoms with Gasteiger partial charge in [-0.1, -0.05) is 0 Å². The minimum atomic E-state index is -1.04. The van der Waals surface area contributed by atoms with Crippen LogP contribution >= 0.6 is 23.9 Å². The predicted octanol–water partition coefficient (Wildman–Crippen LogP) is 4.61. The molecular weight excluding hydrogens is 473 g/mol. The van der Waals surface area contributed by atoms with Crippen molar-refractivity contribution in [3.63, 3.8) is 0 Å². The van der Waals surface area contributed by atoms with Crippen LogP contribution < -0.4 is 10.1 Å². The number of rotatable bonds is 8. The van der Waals surface area contributed by atoms with E-state index in [1.165, 1.54) is 34.1 Å². The Labute approximate surface area is 209 Å². The standard InChI is InChI=1S/C25H32FN3O3S2/c1-25(2,32-21-5-3-19(26)4-6-21)24(30)27-20-11-13-28(14-12-20)33-22-7-9-23(10-8-22)34-29-15-17-31-18-16-29/h3-10,20H,11-18H2,1-2H3,(H,27,30). The predicted molar refractivity (Wildman–Crippen MR) is 134 cm³/mol. The molecule has 0 spiro atoms. The fourth-order valence-corrected chi connectivity index (χ4v) is 5.63. The molecule has 0 aromatic heterocycles. The van der Waals surface area contributed by atoms with Crippen molar-refractivity contribution >= 4 is 29.8 Å². The fraction of sp³-hybridized carbons (Fsp3) is 0.480. The molecule has 1 N–H and O–H groups in total. The lowest BCUT2D eigenvalue weighted by atomic mass is 10.0. The highest BCUT2D eigenvalue weighted by molar-refractivity contribution is 7.97. The van der Waals surface area contributed by atoms with Crippen LogP contribution in [-0.4, -0.2) is 65.6 Å². The van der Waals surface area contributed by atoms with Crippen molar-refractivity contribution in [2.75, 3.05) is 39.4 Å². The Bertz CT molecular complexity index is 929. The highest BCUT2D eigenvalue weighted by Gasteiger charge is 2.32. The summed E-state index contributed by atoms with van der Waals surface area (Å²) in [6.07, 6.45) is 1.77. The van der Waals surface area contributed by atoms with Gasteiger partial charge >= 0.3 is 0 Å². The molecule has 0 saturated carbocycles. The van der Waals surface area contributed by atoms with E-state index in [0.29, 0.717) is 5.75 Å². The number of nitrogens with one attached hydrogen (secondary N) is 1. The van der Waals surface area contributed by atoms with Gasteiger partial charge in [0, 0.05) is 42.0 Å². The highest BCUT2D eigenvalue weighted by Crippen LogP contribution is 2.30. The van der Waals surface area contributed by atoms with E-state index in [1.807, 2.05) is 0 Å². The SMILES string of the molecule is CC(C)(Oc1ccc(F)cc1)C(=O)NC1CCN(Sc2ccc(SN3CCOCC3)cc2)CC1. The molecule has 2 aromatic rings. The van der Waals surface area contributed by atoms with Crippen LogP contribution in [0.5, 0.6) is 5.75 Å². The van der Waals surface area contributed by atoms with Crippen LogP contribution in [0.1, 0.15) is 26.7 Å². The van der Waals surface area contributed by atoms with Gasteiger partial charge in [0.05, 0.1) is 13.2 Å².